The second-order valence-corrected chi connectivity index (χ2v) is 2.76. The van der Waals surface area contributed by atoms with Gasteiger partial charge in [0.05, 0.1) is 0 Å². The van der Waals surface area contributed by atoms with Crippen LogP contribution in [0, 0.1) is 0 Å². The van der Waals surface area contributed by atoms with Crippen LogP contribution in [0.1, 0.15) is 12.8 Å². The standard InChI is InChI=1S/C8H9NO2/c10-7-5-3-1-2-4-6(5)8(11)9-7/h1,3,8,11H,2,4H2,(H,9,10). The first-order valence-electron chi connectivity index (χ1n) is 3.67. The summed E-state index contributed by atoms with van der Waals surface area (Å²) in [6.45, 7) is 0. The highest BCUT2D eigenvalue weighted by Gasteiger charge is 2.28. The molecule has 0 bridgehead atoms. The highest BCUT2D eigenvalue weighted by molar-refractivity contribution is 6.00. The van der Waals surface area contributed by atoms with Crippen molar-refractivity contribution >= 4 is 5.91 Å². The number of amides is 1. The first-order valence-corrected chi connectivity index (χ1v) is 3.67. The first kappa shape index (κ1) is 6.61. The fourth-order valence-corrected chi connectivity index (χ4v) is 1.48. The molecular weight excluding hydrogens is 142 g/mol. The van der Waals surface area contributed by atoms with E-state index in [-0.39, 0.29) is 5.91 Å². The Bertz CT molecular complexity index is 265. The molecule has 0 saturated carbocycles. The summed E-state index contributed by atoms with van der Waals surface area (Å²) in [5.41, 5.74) is 1.50. The predicted molar refractivity (Wildman–Crippen MR) is 39.5 cm³/mol. The molecule has 3 nitrogen and oxygen atoms in total. The Morgan fingerprint density at radius 2 is 2.45 bits per heavy atom. The molecule has 2 N–H and O–H groups in total. The van der Waals surface area contributed by atoms with Gasteiger partial charge in [-0.15, -0.1) is 0 Å². The molecule has 1 atom stereocenters. The van der Waals surface area contributed by atoms with E-state index in [1.54, 1.807) is 6.08 Å². The van der Waals surface area contributed by atoms with Crippen LogP contribution < -0.4 is 5.32 Å². The van der Waals surface area contributed by atoms with Crippen molar-refractivity contribution in [3.8, 4) is 0 Å². The zero-order chi connectivity index (χ0) is 7.84. The molecule has 1 heterocycles. The van der Waals surface area contributed by atoms with Crippen molar-refractivity contribution in [3.05, 3.63) is 23.3 Å². The van der Waals surface area contributed by atoms with Gasteiger partial charge in [0.15, 0.2) is 0 Å². The molecule has 3 heteroatoms. The van der Waals surface area contributed by atoms with Crippen LogP contribution in [0.15, 0.2) is 23.3 Å². The van der Waals surface area contributed by atoms with E-state index in [1.807, 2.05) is 6.08 Å². The average molecular weight is 151 g/mol. The van der Waals surface area contributed by atoms with Gasteiger partial charge in [0.25, 0.3) is 5.91 Å². The molecule has 1 unspecified atom stereocenters. The van der Waals surface area contributed by atoms with E-state index in [0.29, 0.717) is 5.57 Å². The quantitative estimate of drug-likeness (QED) is 0.515. The fourth-order valence-electron chi connectivity index (χ4n) is 1.48. The molecule has 11 heavy (non-hydrogen) atoms. The minimum absolute atomic E-state index is 0.150. The highest BCUT2D eigenvalue weighted by Crippen LogP contribution is 2.25. The summed E-state index contributed by atoms with van der Waals surface area (Å²) in [5, 5.41) is 11.7. The fraction of sp³-hybridized carbons (Fsp3) is 0.375. The third-order valence-corrected chi connectivity index (χ3v) is 2.05. The normalized spacial score (nSPS) is 28.8. The molecular formula is C8H9NO2. The molecule has 0 spiro atoms. The molecule has 0 aromatic rings. The van der Waals surface area contributed by atoms with Crippen molar-refractivity contribution in [2.24, 2.45) is 0 Å². The van der Waals surface area contributed by atoms with Gasteiger partial charge in [-0.1, -0.05) is 12.2 Å². The number of nitrogens with one attached hydrogen (secondary N) is 1. The van der Waals surface area contributed by atoms with Crippen LogP contribution in [-0.2, 0) is 4.79 Å². The molecule has 2 rings (SSSR count). The molecule has 0 aromatic heterocycles. The predicted octanol–water partition coefficient (Wildman–Crippen LogP) is 0.0812. The van der Waals surface area contributed by atoms with Crippen molar-refractivity contribution in [3.63, 3.8) is 0 Å². The molecule has 1 aliphatic carbocycles. The number of aliphatic hydroxyl groups is 1. The van der Waals surface area contributed by atoms with Gasteiger partial charge in [-0.3, -0.25) is 4.79 Å². The van der Waals surface area contributed by atoms with Crippen molar-refractivity contribution in [1.82, 2.24) is 5.32 Å². The minimum atomic E-state index is -0.734. The molecule has 0 fully saturated rings. The number of carbonyl (C=O) groups excluding carboxylic acids is 1. The summed E-state index contributed by atoms with van der Waals surface area (Å²) in [4.78, 5) is 11.0. The van der Waals surface area contributed by atoms with E-state index >= 15 is 0 Å². The summed E-state index contributed by atoms with van der Waals surface area (Å²) in [6, 6.07) is 0. The van der Waals surface area contributed by atoms with Crippen molar-refractivity contribution in [2.75, 3.05) is 0 Å². The van der Waals surface area contributed by atoms with E-state index in [2.05, 4.69) is 5.32 Å². The molecule has 2 aliphatic rings. The summed E-state index contributed by atoms with van der Waals surface area (Å²) in [7, 11) is 0. The molecule has 58 valence electrons. The third kappa shape index (κ3) is 0.886. The summed E-state index contributed by atoms with van der Waals surface area (Å²) < 4.78 is 0. The van der Waals surface area contributed by atoms with Crippen molar-refractivity contribution < 1.29 is 9.90 Å². The van der Waals surface area contributed by atoms with Crippen molar-refractivity contribution in [2.45, 2.75) is 19.1 Å². The smallest absolute Gasteiger partial charge is 0.253 e. The lowest BCUT2D eigenvalue weighted by molar-refractivity contribution is -0.118. The summed E-state index contributed by atoms with van der Waals surface area (Å²) in [5.74, 6) is -0.150. The summed E-state index contributed by atoms with van der Waals surface area (Å²) >= 11 is 0. The maximum absolute atomic E-state index is 11.0. The first-order chi connectivity index (χ1) is 5.29. The van der Waals surface area contributed by atoms with E-state index in [1.165, 1.54) is 0 Å². The van der Waals surface area contributed by atoms with E-state index in [4.69, 9.17) is 0 Å². The number of aliphatic hydroxyl groups excluding tert-OH is 1. The van der Waals surface area contributed by atoms with Gasteiger partial charge in [-0.25, -0.2) is 0 Å². The Hall–Kier alpha value is -1.09. The number of carbonyl (C=O) groups is 1. The van der Waals surface area contributed by atoms with E-state index in [9.17, 15) is 9.90 Å². The van der Waals surface area contributed by atoms with Gasteiger partial charge in [-0.2, -0.15) is 0 Å². The zero-order valence-electron chi connectivity index (χ0n) is 6.00. The van der Waals surface area contributed by atoms with Gasteiger partial charge >= 0.3 is 0 Å². The van der Waals surface area contributed by atoms with Gasteiger partial charge in [0.1, 0.15) is 6.23 Å². The maximum Gasteiger partial charge on any atom is 0.253 e. The Labute approximate surface area is 64.4 Å². The number of hydrogen-bond donors (Lipinski definition) is 2. The lowest BCUT2D eigenvalue weighted by Gasteiger charge is -2.08. The Morgan fingerprint density at radius 3 is 3.18 bits per heavy atom. The average Bonchev–Trinajstić information content (AvgIpc) is 2.30. The molecule has 1 amide bonds. The SMILES string of the molecule is O=C1NC(O)C2=C1C=CCC2. The van der Waals surface area contributed by atoms with Crippen LogP contribution in [0.2, 0.25) is 0 Å². The lowest BCUT2D eigenvalue weighted by Crippen LogP contribution is -2.27. The maximum atomic E-state index is 11.0. The second-order valence-electron chi connectivity index (χ2n) is 2.76. The van der Waals surface area contributed by atoms with Crippen LogP contribution in [0.25, 0.3) is 0 Å². The van der Waals surface area contributed by atoms with Crippen LogP contribution in [0.3, 0.4) is 0 Å². The van der Waals surface area contributed by atoms with Crippen molar-refractivity contribution in [1.29, 1.82) is 0 Å². The molecule has 0 radical (unpaired) electrons. The monoisotopic (exact) mass is 151 g/mol. The van der Waals surface area contributed by atoms with Crippen LogP contribution >= 0.6 is 0 Å². The number of rotatable bonds is 0. The van der Waals surface area contributed by atoms with Gasteiger partial charge in [-0.05, 0) is 18.4 Å². The largest absolute Gasteiger partial charge is 0.370 e. The molecule has 0 saturated heterocycles. The van der Waals surface area contributed by atoms with Crippen LogP contribution in [0.4, 0.5) is 0 Å². The molecule has 0 aromatic carbocycles. The zero-order valence-corrected chi connectivity index (χ0v) is 6.00. The Balaban J connectivity index is 2.41. The Morgan fingerprint density at radius 1 is 1.64 bits per heavy atom. The minimum Gasteiger partial charge on any atom is -0.370 e. The lowest BCUT2D eigenvalue weighted by atomic mass is 9.99. The molecule has 1 aliphatic heterocycles. The second kappa shape index (κ2) is 2.20. The third-order valence-electron chi connectivity index (χ3n) is 2.05. The van der Waals surface area contributed by atoms with Gasteiger partial charge in [0, 0.05) is 5.57 Å². The summed E-state index contributed by atoms with van der Waals surface area (Å²) in [6.07, 6.45) is 4.72. The van der Waals surface area contributed by atoms with E-state index in [0.717, 1.165) is 18.4 Å². The number of hydrogen-bond acceptors (Lipinski definition) is 2. The van der Waals surface area contributed by atoms with Gasteiger partial charge in [0.2, 0.25) is 0 Å². The highest BCUT2D eigenvalue weighted by atomic mass is 16.3. The number of allylic oxidation sites excluding steroid dienone is 1. The van der Waals surface area contributed by atoms with Crippen LogP contribution in [0.5, 0.6) is 0 Å². The van der Waals surface area contributed by atoms with Gasteiger partial charge < -0.3 is 10.4 Å². The van der Waals surface area contributed by atoms with E-state index < -0.39 is 6.23 Å². The topological polar surface area (TPSA) is 49.3 Å². The van der Waals surface area contributed by atoms with Crippen LogP contribution in [-0.4, -0.2) is 17.2 Å². The Kier molecular flexibility index (Phi) is 1.32.